The lowest BCUT2D eigenvalue weighted by atomic mass is 10.1. The standard InChI is InChI=1S/C17H15N5O5/c1-20-10-18-21(17(20)24)13-6-4-12(5-7-13)19-14-9-11(16(23)27-2)3-8-15(14)22(25)26/h3-10,19H,1-2H3. The lowest BCUT2D eigenvalue weighted by molar-refractivity contribution is -0.383. The van der Waals surface area contributed by atoms with Gasteiger partial charge in [0, 0.05) is 18.8 Å². The highest BCUT2D eigenvalue weighted by Gasteiger charge is 2.17. The van der Waals surface area contributed by atoms with Gasteiger partial charge in [0.15, 0.2) is 0 Å². The third-order valence-corrected chi connectivity index (χ3v) is 3.83. The molecule has 3 rings (SSSR count). The van der Waals surface area contributed by atoms with Gasteiger partial charge in [0.25, 0.3) is 5.69 Å². The second kappa shape index (κ2) is 7.12. The van der Waals surface area contributed by atoms with Gasteiger partial charge in [0.1, 0.15) is 12.0 Å². The Morgan fingerprint density at radius 2 is 1.93 bits per heavy atom. The van der Waals surface area contributed by atoms with Crippen LogP contribution in [-0.4, -0.2) is 32.3 Å². The molecule has 0 fully saturated rings. The van der Waals surface area contributed by atoms with Crippen molar-refractivity contribution in [2.45, 2.75) is 0 Å². The summed E-state index contributed by atoms with van der Waals surface area (Å²) >= 11 is 0. The zero-order valence-corrected chi connectivity index (χ0v) is 14.4. The van der Waals surface area contributed by atoms with Gasteiger partial charge in [0.2, 0.25) is 0 Å². The number of esters is 1. The molecule has 2 aromatic carbocycles. The van der Waals surface area contributed by atoms with Crippen molar-refractivity contribution < 1.29 is 14.5 Å². The van der Waals surface area contributed by atoms with E-state index in [1.165, 1.54) is 40.9 Å². The number of nitrogens with one attached hydrogen (secondary N) is 1. The van der Waals surface area contributed by atoms with Gasteiger partial charge >= 0.3 is 11.7 Å². The third-order valence-electron chi connectivity index (χ3n) is 3.83. The van der Waals surface area contributed by atoms with Gasteiger partial charge in [0.05, 0.1) is 23.3 Å². The number of nitro benzene ring substituents is 1. The fourth-order valence-electron chi connectivity index (χ4n) is 2.44. The Labute approximate surface area is 152 Å². The molecule has 0 radical (unpaired) electrons. The van der Waals surface area contributed by atoms with Crippen LogP contribution >= 0.6 is 0 Å². The number of anilines is 2. The predicted octanol–water partition coefficient (Wildman–Crippen LogP) is 2.01. The summed E-state index contributed by atoms with van der Waals surface area (Å²) in [6, 6.07) is 10.5. The van der Waals surface area contributed by atoms with Crippen molar-refractivity contribution in [3.63, 3.8) is 0 Å². The summed E-state index contributed by atoms with van der Waals surface area (Å²) in [6.07, 6.45) is 1.40. The summed E-state index contributed by atoms with van der Waals surface area (Å²) in [7, 11) is 2.82. The van der Waals surface area contributed by atoms with E-state index < -0.39 is 10.9 Å². The van der Waals surface area contributed by atoms with E-state index in [1.807, 2.05) is 0 Å². The average Bonchev–Trinajstić information content (AvgIpc) is 3.00. The number of hydrogen-bond donors (Lipinski definition) is 1. The Kier molecular flexibility index (Phi) is 4.71. The van der Waals surface area contributed by atoms with Crippen LogP contribution in [0.4, 0.5) is 17.1 Å². The van der Waals surface area contributed by atoms with Crippen LogP contribution in [-0.2, 0) is 11.8 Å². The number of benzene rings is 2. The van der Waals surface area contributed by atoms with Crippen molar-refractivity contribution in [1.29, 1.82) is 0 Å². The molecule has 1 aromatic heterocycles. The van der Waals surface area contributed by atoms with Gasteiger partial charge in [-0.25, -0.2) is 9.59 Å². The highest BCUT2D eigenvalue weighted by molar-refractivity contribution is 5.92. The highest BCUT2D eigenvalue weighted by Crippen LogP contribution is 2.29. The van der Waals surface area contributed by atoms with Crippen molar-refractivity contribution >= 4 is 23.0 Å². The predicted molar refractivity (Wildman–Crippen MR) is 96.5 cm³/mol. The molecule has 0 aliphatic rings. The number of carbonyl (C=O) groups excluding carboxylic acids is 1. The average molecular weight is 369 g/mol. The first-order chi connectivity index (χ1) is 12.9. The summed E-state index contributed by atoms with van der Waals surface area (Å²) in [5, 5.41) is 18.1. The minimum absolute atomic E-state index is 0.144. The first kappa shape index (κ1) is 17.9. The molecule has 1 heterocycles. The zero-order valence-electron chi connectivity index (χ0n) is 14.4. The van der Waals surface area contributed by atoms with E-state index in [2.05, 4.69) is 15.2 Å². The number of ether oxygens (including phenoxy) is 1. The molecule has 3 aromatic rings. The van der Waals surface area contributed by atoms with E-state index in [4.69, 9.17) is 0 Å². The molecule has 0 spiro atoms. The number of aromatic nitrogens is 3. The normalized spacial score (nSPS) is 10.4. The van der Waals surface area contributed by atoms with Gasteiger partial charge in [-0.05, 0) is 36.4 Å². The van der Waals surface area contributed by atoms with Crippen LogP contribution in [0.2, 0.25) is 0 Å². The van der Waals surface area contributed by atoms with Crippen LogP contribution in [0.15, 0.2) is 53.6 Å². The van der Waals surface area contributed by atoms with Gasteiger partial charge in [-0.2, -0.15) is 9.78 Å². The van der Waals surface area contributed by atoms with E-state index in [9.17, 15) is 19.7 Å². The van der Waals surface area contributed by atoms with Crippen molar-refractivity contribution in [3.05, 3.63) is 75.0 Å². The first-order valence-corrected chi connectivity index (χ1v) is 7.75. The molecule has 10 nitrogen and oxygen atoms in total. The topological polar surface area (TPSA) is 121 Å². The summed E-state index contributed by atoms with van der Waals surface area (Å²) in [5.41, 5.74) is 0.925. The van der Waals surface area contributed by atoms with Gasteiger partial charge in [-0.15, -0.1) is 0 Å². The Hall–Kier alpha value is -3.95. The fraction of sp³-hybridized carbons (Fsp3) is 0.118. The Morgan fingerprint density at radius 1 is 1.22 bits per heavy atom. The minimum Gasteiger partial charge on any atom is -0.465 e. The number of nitro groups is 1. The number of rotatable bonds is 5. The maximum atomic E-state index is 11.9. The summed E-state index contributed by atoms with van der Waals surface area (Å²) < 4.78 is 7.21. The van der Waals surface area contributed by atoms with Crippen LogP contribution in [0.1, 0.15) is 10.4 Å². The highest BCUT2D eigenvalue weighted by atomic mass is 16.6. The maximum absolute atomic E-state index is 11.9. The lowest BCUT2D eigenvalue weighted by Gasteiger charge is -2.09. The van der Waals surface area contributed by atoms with Crippen LogP contribution in [0, 0.1) is 10.1 Å². The third kappa shape index (κ3) is 3.54. The van der Waals surface area contributed by atoms with E-state index in [0.717, 1.165) is 0 Å². The Bertz CT molecular complexity index is 1070. The number of aryl methyl sites for hydroxylation is 1. The van der Waals surface area contributed by atoms with Crippen molar-refractivity contribution in [1.82, 2.24) is 14.3 Å². The van der Waals surface area contributed by atoms with E-state index in [0.29, 0.717) is 11.4 Å². The van der Waals surface area contributed by atoms with Gasteiger partial charge in [-0.1, -0.05) is 0 Å². The van der Waals surface area contributed by atoms with Crippen LogP contribution in [0.5, 0.6) is 0 Å². The summed E-state index contributed by atoms with van der Waals surface area (Å²) in [4.78, 5) is 34.3. The number of methoxy groups -OCH3 is 1. The number of nitrogens with zero attached hydrogens (tertiary/aromatic N) is 4. The summed E-state index contributed by atoms with van der Waals surface area (Å²) in [6.45, 7) is 0. The van der Waals surface area contributed by atoms with Crippen LogP contribution in [0.3, 0.4) is 0 Å². The van der Waals surface area contributed by atoms with E-state index >= 15 is 0 Å². The Balaban J connectivity index is 1.92. The second-order valence-electron chi connectivity index (χ2n) is 5.59. The van der Waals surface area contributed by atoms with E-state index in [1.54, 1.807) is 31.3 Å². The molecule has 0 aliphatic heterocycles. The Morgan fingerprint density at radius 3 is 2.48 bits per heavy atom. The molecular weight excluding hydrogens is 354 g/mol. The molecule has 0 amide bonds. The smallest absolute Gasteiger partial charge is 0.350 e. The molecule has 0 unspecified atom stereocenters. The van der Waals surface area contributed by atoms with Gasteiger partial charge in [-0.3, -0.25) is 14.7 Å². The monoisotopic (exact) mass is 369 g/mol. The molecule has 138 valence electrons. The molecule has 0 saturated heterocycles. The van der Waals surface area contributed by atoms with Crippen molar-refractivity contribution in [3.8, 4) is 5.69 Å². The molecule has 0 aliphatic carbocycles. The fourth-order valence-corrected chi connectivity index (χ4v) is 2.44. The molecule has 0 atom stereocenters. The molecular formula is C17H15N5O5. The SMILES string of the molecule is COC(=O)c1ccc([N+](=O)[O-])c(Nc2ccc(-n3ncn(C)c3=O)cc2)c1. The second-order valence-corrected chi connectivity index (χ2v) is 5.59. The summed E-state index contributed by atoms with van der Waals surface area (Å²) in [5.74, 6) is -0.599. The minimum atomic E-state index is -0.599. The van der Waals surface area contributed by atoms with Crippen molar-refractivity contribution in [2.24, 2.45) is 7.05 Å². The van der Waals surface area contributed by atoms with E-state index in [-0.39, 0.29) is 22.6 Å². The molecule has 27 heavy (non-hydrogen) atoms. The van der Waals surface area contributed by atoms with Gasteiger partial charge < -0.3 is 10.1 Å². The molecule has 0 saturated carbocycles. The largest absolute Gasteiger partial charge is 0.465 e. The molecule has 0 bridgehead atoms. The first-order valence-electron chi connectivity index (χ1n) is 7.75. The zero-order chi connectivity index (χ0) is 19.6. The van der Waals surface area contributed by atoms with Crippen molar-refractivity contribution in [2.75, 3.05) is 12.4 Å². The quantitative estimate of drug-likeness (QED) is 0.415. The van der Waals surface area contributed by atoms with Crippen LogP contribution < -0.4 is 11.0 Å². The van der Waals surface area contributed by atoms with Crippen LogP contribution in [0.25, 0.3) is 5.69 Å². The number of hydrogen-bond acceptors (Lipinski definition) is 7. The molecule has 10 heteroatoms. The maximum Gasteiger partial charge on any atom is 0.350 e. The number of carbonyl (C=O) groups is 1. The molecule has 1 N–H and O–H groups in total. The lowest BCUT2D eigenvalue weighted by Crippen LogP contribution is -2.21.